The molecule has 1 unspecified atom stereocenters. The van der Waals surface area contributed by atoms with Crippen LogP contribution < -0.4 is 10.5 Å². The second kappa shape index (κ2) is 5.35. The third-order valence-electron chi connectivity index (χ3n) is 4.08. The van der Waals surface area contributed by atoms with Gasteiger partial charge in [-0.2, -0.15) is 0 Å². The predicted molar refractivity (Wildman–Crippen MR) is 73.1 cm³/mol. The van der Waals surface area contributed by atoms with Crippen molar-refractivity contribution in [3.8, 4) is 5.75 Å². The van der Waals surface area contributed by atoms with E-state index in [1.807, 2.05) is 6.07 Å². The van der Waals surface area contributed by atoms with E-state index in [1.165, 1.54) is 0 Å². The van der Waals surface area contributed by atoms with Crippen molar-refractivity contribution in [2.75, 3.05) is 25.5 Å². The van der Waals surface area contributed by atoms with Crippen molar-refractivity contribution < 1.29 is 9.47 Å². The van der Waals surface area contributed by atoms with Crippen molar-refractivity contribution in [3.63, 3.8) is 0 Å². The molecule has 0 amide bonds. The maximum atomic E-state index is 6.04. The maximum Gasteiger partial charge on any atom is 0.145 e. The quantitative estimate of drug-likeness (QED) is 0.890. The fourth-order valence-corrected chi connectivity index (χ4v) is 2.80. The van der Waals surface area contributed by atoms with Gasteiger partial charge in [0, 0.05) is 24.8 Å². The lowest BCUT2D eigenvalue weighted by atomic mass is 9.98. The van der Waals surface area contributed by atoms with Gasteiger partial charge >= 0.3 is 0 Å². The van der Waals surface area contributed by atoms with Gasteiger partial charge in [-0.25, -0.2) is 0 Å². The van der Waals surface area contributed by atoms with Crippen molar-refractivity contribution in [2.45, 2.75) is 38.0 Å². The zero-order chi connectivity index (χ0) is 13.2. The summed E-state index contributed by atoms with van der Waals surface area (Å²) in [5.41, 5.74) is 6.49. The van der Waals surface area contributed by atoms with Crippen LogP contribution in [0.3, 0.4) is 0 Å². The highest BCUT2D eigenvalue weighted by molar-refractivity contribution is 5.49. The van der Waals surface area contributed by atoms with Gasteiger partial charge in [0.05, 0.1) is 31.1 Å². The van der Waals surface area contributed by atoms with Crippen LogP contribution in [0.15, 0.2) is 18.5 Å². The molecule has 2 saturated heterocycles. The first kappa shape index (κ1) is 12.7. The third kappa shape index (κ3) is 2.67. The second-order valence-electron chi connectivity index (χ2n) is 5.47. The van der Waals surface area contributed by atoms with Gasteiger partial charge in [-0.3, -0.25) is 9.88 Å². The lowest BCUT2D eigenvalue weighted by Gasteiger charge is -2.45. The Morgan fingerprint density at radius 3 is 2.95 bits per heavy atom. The number of rotatable bonds is 3. The van der Waals surface area contributed by atoms with Crippen LogP contribution in [-0.4, -0.2) is 47.8 Å². The smallest absolute Gasteiger partial charge is 0.145 e. The molecule has 0 aliphatic carbocycles. The van der Waals surface area contributed by atoms with E-state index in [0.717, 1.165) is 38.3 Å². The third-order valence-corrected chi connectivity index (χ3v) is 4.08. The number of nitrogens with zero attached hydrogens (tertiary/aromatic N) is 2. The van der Waals surface area contributed by atoms with Crippen LogP contribution in [-0.2, 0) is 4.74 Å². The lowest BCUT2D eigenvalue weighted by molar-refractivity contribution is -0.0985. The topological polar surface area (TPSA) is 60.6 Å². The summed E-state index contributed by atoms with van der Waals surface area (Å²) in [5, 5.41) is 0. The minimum Gasteiger partial charge on any atom is -0.487 e. The number of anilines is 1. The first-order valence-electron chi connectivity index (χ1n) is 6.93. The molecule has 2 N–H and O–H groups in total. The molecule has 2 aliphatic heterocycles. The van der Waals surface area contributed by atoms with Crippen molar-refractivity contribution >= 4 is 5.69 Å². The van der Waals surface area contributed by atoms with Gasteiger partial charge in [-0.1, -0.05) is 0 Å². The molecule has 3 rings (SSSR count). The molecule has 2 atom stereocenters. The van der Waals surface area contributed by atoms with Crippen molar-refractivity contribution in [3.05, 3.63) is 18.5 Å². The Morgan fingerprint density at radius 1 is 1.42 bits per heavy atom. The average molecular weight is 263 g/mol. The van der Waals surface area contributed by atoms with Crippen LogP contribution in [0.1, 0.15) is 19.8 Å². The molecule has 2 aliphatic rings. The molecule has 0 radical (unpaired) electrons. The molecule has 5 heteroatoms. The van der Waals surface area contributed by atoms with Gasteiger partial charge in [0.25, 0.3) is 0 Å². The Labute approximate surface area is 113 Å². The molecule has 1 aromatic rings. The molecule has 19 heavy (non-hydrogen) atoms. The van der Waals surface area contributed by atoms with Crippen molar-refractivity contribution in [2.24, 2.45) is 0 Å². The van der Waals surface area contributed by atoms with Gasteiger partial charge in [0.1, 0.15) is 11.9 Å². The molecular weight excluding hydrogens is 242 g/mol. The van der Waals surface area contributed by atoms with Crippen LogP contribution >= 0.6 is 0 Å². The first-order valence-corrected chi connectivity index (χ1v) is 6.93. The molecule has 0 spiro atoms. The van der Waals surface area contributed by atoms with Crippen molar-refractivity contribution in [1.82, 2.24) is 9.88 Å². The Kier molecular flexibility index (Phi) is 3.57. The Hall–Kier alpha value is -1.33. The summed E-state index contributed by atoms with van der Waals surface area (Å²) in [6.45, 7) is 4.95. The largest absolute Gasteiger partial charge is 0.487 e. The predicted octanol–water partition coefficient (Wildman–Crippen LogP) is 1.29. The van der Waals surface area contributed by atoms with Gasteiger partial charge in [0.15, 0.2) is 0 Å². The number of pyridine rings is 1. The fourth-order valence-electron chi connectivity index (χ4n) is 2.80. The highest BCUT2D eigenvalue weighted by Crippen LogP contribution is 2.27. The Bertz CT molecular complexity index is 434. The molecule has 104 valence electrons. The minimum absolute atomic E-state index is 0.210. The molecular formula is C14H21N3O2. The Balaban J connectivity index is 1.64. The number of piperidine rings is 1. The summed E-state index contributed by atoms with van der Waals surface area (Å²) in [6, 6.07) is 3.02. The van der Waals surface area contributed by atoms with Crippen LogP contribution in [0.5, 0.6) is 5.75 Å². The second-order valence-corrected chi connectivity index (χ2v) is 5.47. The molecule has 2 fully saturated rings. The fraction of sp³-hybridized carbons (Fsp3) is 0.643. The number of nitrogen functional groups attached to an aromatic ring is 1. The van der Waals surface area contributed by atoms with E-state index in [-0.39, 0.29) is 6.10 Å². The number of hydrogen-bond acceptors (Lipinski definition) is 5. The van der Waals surface area contributed by atoms with Crippen LogP contribution in [0.4, 0.5) is 5.69 Å². The number of likely N-dealkylation sites (tertiary alicyclic amines) is 1. The van der Waals surface area contributed by atoms with Crippen LogP contribution in [0, 0.1) is 0 Å². The number of nitrogens with two attached hydrogens (primary N) is 1. The van der Waals surface area contributed by atoms with E-state index in [2.05, 4.69) is 16.8 Å². The van der Waals surface area contributed by atoms with E-state index < -0.39 is 0 Å². The van der Waals surface area contributed by atoms with Crippen molar-refractivity contribution in [1.29, 1.82) is 0 Å². The number of hydrogen-bond donors (Lipinski definition) is 1. The van der Waals surface area contributed by atoms with E-state index in [1.54, 1.807) is 12.4 Å². The summed E-state index contributed by atoms with van der Waals surface area (Å²) in [6.07, 6.45) is 5.80. The van der Waals surface area contributed by atoms with E-state index in [4.69, 9.17) is 15.2 Å². The molecule has 0 aromatic carbocycles. The van der Waals surface area contributed by atoms with Crippen LogP contribution in [0.2, 0.25) is 0 Å². The maximum absolute atomic E-state index is 6.04. The van der Waals surface area contributed by atoms with E-state index in [0.29, 0.717) is 17.8 Å². The van der Waals surface area contributed by atoms with E-state index >= 15 is 0 Å². The minimum atomic E-state index is 0.210. The highest BCUT2D eigenvalue weighted by Gasteiger charge is 2.35. The van der Waals surface area contributed by atoms with Gasteiger partial charge in [-0.15, -0.1) is 0 Å². The molecule has 0 bridgehead atoms. The number of ether oxygens (including phenoxy) is 2. The zero-order valence-corrected chi connectivity index (χ0v) is 11.3. The summed E-state index contributed by atoms with van der Waals surface area (Å²) >= 11 is 0. The summed E-state index contributed by atoms with van der Waals surface area (Å²) < 4.78 is 11.3. The highest BCUT2D eigenvalue weighted by atomic mass is 16.5. The zero-order valence-electron chi connectivity index (χ0n) is 11.3. The van der Waals surface area contributed by atoms with E-state index in [9.17, 15) is 0 Å². The Morgan fingerprint density at radius 2 is 2.26 bits per heavy atom. The van der Waals surface area contributed by atoms with Gasteiger partial charge < -0.3 is 15.2 Å². The molecule has 3 heterocycles. The summed E-state index contributed by atoms with van der Waals surface area (Å²) in [5.74, 6) is 0.749. The SMILES string of the molecule is CC1CC[C@H](Oc2ccncc2N)CN1C1COC1. The molecule has 0 saturated carbocycles. The first-order chi connectivity index (χ1) is 9.24. The monoisotopic (exact) mass is 263 g/mol. The molecule has 5 nitrogen and oxygen atoms in total. The van der Waals surface area contributed by atoms with Gasteiger partial charge in [0.2, 0.25) is 0 Å². The molecule has 1 aromatic heterocycles. The van der Waals surface area contributed by atoms with Crippen LogP contribution in [0.25, 0.3) is 0 Å². The number of aromatic nitrogens is 1. The summed E-state index contributed by atoms with van der Waals surface area (Å²) in [7, 11) is 0. The average Bonchev–Trinajstić information content (AvgIpc) is 2.34. The van der Waals surface area contributed by atoms with Gasteiger partial charge in [-0.05, 0) is 19.8 Å². The summed E-state index contributed by atoms with van der Waals surface area (Å²) in [4.78, 5) is 6.49. The standard InChI is InChI=1S/C14H21N3O2/c1-10-2-3-12(7-17(10)11-8-18-9-11)19-14-4-5-16-6-13(14)15/h4-6,10-12H,2-3,7-9,15H2,1H3/t10?,12-/m0/s1. The lowest BCUT2D eigenvalue weighted by Crippen LogP contribution is -2.57. The normalized spacial score (nSPS) is 28.9.